The van der Waals surface area contributed by atoms with E-state index in [0.717, 1.165) is 138 Å². The third-order valence-corrected chi connectivity index (χ3v) is 19.5. The Balaban J connectivity index is 0.000000320. The number of rotatable bonds is 28. The maximum absolute atomic E-state index is 13.5. The maximum Gasteiger partial charge on any atom is 0.408 e. The van der Waals surface area contributed by atoms with E-state index in [1.54, 1.807) is 50.4 Å². The Labute approximate surface area is 674 Å². The number of amides is 5. The average molecular weight is 1640 g/mol. The van der Waals surface area contributed by atoms with E-state index in [-0.39, 0.29) is 48.9 Å². The molecule has 3 aliphatic heterocycles. The first-order valence-corrected chi connectivity index (χ1v) is 40.2. The van der Waals surface area contributed by atoms with Gasteiger partial charge in [0.05, 0.1) is 97.7 Å². The quantitative estimate of drug-likeness (QED) is 0.0195. The molecule has 3 saturated heterocycles. The monoisotopic (exact) mass is 1640 g/mol. The van der Waals surface area contributed by atoms with Crippen LogP contribution in [0.1, 0.15) is 194 Å². The number of hydrogen-bond acceptors (Lipinski definition) is 22. The van der Waals surface area contributed by atoms with Crippen molar-refractivity contribution < 1.29 is 85.6 Å². The second-order valence-corrected chi connectivity index (χ2v) is 31.4. The molecular formula is C82H130BrN11O18. The molecule has 5 aliphatic rings. The number of halogens is 1. The van der Waals surface area contributed by atoms with Crippen molar-refractivity contribution in [2.24, 2.45) is 17.6 Å². The van der Waals surface area contributed by atoms with E-state index >= 15 is 0 Å². The van der Waals surface area contributed by atoms with Crippen LogP contribution >= 0.6 is 15.9 Å². The van der Waals surface area contributed by atoms with Gasteiger partial charge in [0.15, 0.2) is 6.29 Å². The predicted molar refractivity (Wildman–Crippen MR) is 434 cm³/mol. The van der Waals surface area contributed by atoms with Crippen LogP contribution in [0.2, 0.25) is 0 Å². The van der Waals surface area contributed by atoms with Gasteiger partial charge >= 0.3 is 30.6 Å². The average Bonchev–Trinajstić information content (AvgIpc) is 0.864. The van der Waals surface area contributed by atoms with Gasteiger partial charge in [0.25, 0.3) is 0 Å². The Morgan fingerprint density at radius 2 is 0.902 bits per heavy atom. The van der Waals surface area contributed by atoms with E-state index in [2.05, 4.69) is 56.7 Å². The van der Waals surface area contributed by atoms with E-state index in [1.807, 2.05) is 107 Å². The van der Waals surface area contributed by atoms with Gasteiger partial charge in [-0.1, -0.05) is 15.9 Å². The van der Waals surface area contributed by atoms with Crippen molar-refractivity contribution in [3.8, 4) is 51.7 Å². The van der Waals surface area contributed by atoms with Crippen LogP contribution in [0.4, 0.5) is 14.4 Å². The van der Waals surface area contributed by atoms with Crippen LogP contribution in [0.15, 0.2) is 36.4 Å². The zero-order chi connectivity index (χ0) is 83.1. The molecule has 2 atom stereocenters. The van der Waals surface area contributed by atoms with Crippen molar-refractivity contribution in [1.82, 2.24) is 40.9 Å². The third kappa shape index (κ3) is 34.1. The number of piperidine rings is 1. The molecule has 29 nitrogen and oxygen atoms in total. The highest BCUT2D eigenvalue weighted by Crippen LogP contribution is 2.39. The number of alkyl halides is 1. The summed E-state index contributed by atoms with van der Waals surface area (Å²) in [7, 11) is 9.55. The highest BCUT2D eigenvalue weighted by atomic mass is 79.9. The van der Waals surface area contributed by atoms with Crippen LogP contribution in [-0.4, -0.2) is 224 Å². The maximum atomic E-state index is 13.5. The van der Waals surface area contributed by atoms with Crippen molar-refractivity contribution in [3.63, 3.8) is 0 Å². The van der Waals surface area contributed by atoms with Crippen molar-refractivity contribution in [2.45, 2.75) is 233 Å². The summed E-state index contributed by atoms with van der Waals surface area (Å²) in [5.74, 6) is 6.66. The number of aldehydes is 1. The lowest BCUT2D eigenvalue weighted by atomic mass is 9.85. The van der Waals surface area contributed by atoms with E-state index in [0.29, 0.717) is 135 Å². The lowest BCUT2D eigenvalue weighted by molar-refractivity contribution is -0.133. The summed E-state index contributed by atoms with van der Waals surface area (Å²) in [6, 6.07) is 11.7. The molecule has 0 unspecified atom stereocenters. The van der Waals surface area contributed by atoms with Gasteiger partial charge in [0.2, 0.25) is 11.8 Å². The van der Waals surface area contributed by atoms with Crippen LogP contribution in [0.5, 0.6) is 51.7 Å². The van der Waals surface area contributed by atoms with Crippen LogP contribution in [0.3, 0.4) is 0 Å². The number of carbonyl (C=O) groups is 6. The first-order chi connectivity index (χ1) is 53.2. The number of benzene rings is 3. The number of alkyl carbamates (subject to hydrolysis) is 3. The summed E-state index contributed by atoms with van der Waals surface area (Å²) < 4.78 is 65.2. The lowest BCUT2D eigenvalue weighted by Crippen LogP contribution is -2.47. The summed E-state index contributed by atoms with van der Waals surface area (Å²) in [5, 5.41) is 12.5. The summed E-state index contributed by atoms with van der Waals surface area (Å²) in [4.78, 5) is 85.6. The molecule has 5 amide bonds. The fourth-order valence-corrected chi connectivity index (χ4v) is 13.8. The first kappa shape index (κ1) is 96.0. The Morgan fingerprint density at radius 3 is 1.27 bits per heavy atom. The van der Waals surface area contributed by atoms with Gasteiger partial charge in [0, 0.05) is 120 Å². The molecule has 628 valence electrons. The van der Waals surface area contributed by atoms with Crippen molar-refractivity contribution >= 4 is 52.3 Å². The molecule has 0 radical (unpaired) electrons. The molecule has 3 aromatic carbocycles. The zero-order valence-corrected chi connectivity index (χ0v) is 71.5. The molecule has 2 aliphatic carbocycles. The van der Waals surface area contributed by atoms with Crippen LogP contribution < -0.4 is 69.6 Å². The summed E-state index contributed by atoms with van der Waals surface area (Å²) >= 11 is 3.09. The number of nitrogens with two attached hydrogens (primary N) is 1. The molecule has 30 heteroatoms. The number of nitrogens with one attached hydrogen (secondary N) is 4. The minimum absolute atomic E-state index is 0.0175. The molecule has 112 heavy (non-hydrogen) atoms. The van der Waals surface area contributed by atoms with Crippen LogP contribution in [-0.2, 0) is 36.9 Å². The Kier molecular flexibility index (Phi) is 42.2. The van der Waals surface area contributed by atoms with E-state index in [9.17, 15) is 28.8 Å². The molecule has 0 spiro atoms. The molecule has 6 N–H and O–H groups in total. The van der Waals surface area contributed by atoms with Gasteiger partial charge in [-0.2, -0.15) is 0 Å². The largest absolute Gasteiger partial charge is 0.496 e. The number of methoxy groups -OCH3 is 6. The smallest absolute Gasteiger partial charge is 0.408 e. The fourth-order valence-electron chi connectivity index (χ4n) is 13.5. The highest BCUT2D eigenvalue weighted by molar-refractivity contribution is 9.09. The van der Waals surface area contributed by atoms with E-state index in [1.165, 1.54) is 14.2 Å². The molecule has 0 bridgehead atoms. The minimum atomic E-state index is -0.528. The second-order valence-electron chi connectivity index (χ2n) is 30.8. The van der Waals surface area contributed by atoms with Crippen molar-refractivity contribution in [3.05, 3.63) is 75.9 Å². The summed E-state index contributed by atoms with van der Waals surface area (Å²) in [6.07, 6.45) is 12.4. The molecule has 8 rings (SSSR count). The van der Waals surface area contributed by atoms with E-state index in [4.69, 9.17) is 75.7 Å². The number of carbonyl (C=O) groups excluding carboxylic acids is 6. The second kappa shape index (κ2) is 49.3. The molecular weight excluding hydrogens is 1510 g/mol. The summed E-state index contributed by atoms with van der Waals surface area (Å²) in [5.41, 5.74) is 6.63. The van der Waals surface area contributed by atoms with Gasteiger partial charge in [-0.15, -0.1) is 0 Å². The number of likely N-dealkylation sites (tertiary alicyclic amines) is 3. The number of hydrogen-bond donors (Lipinski definition) is 5. The van der Waals surface area contributed by atoms with Crippen molar-refractivity contribution in [1.29, 1.82) is 0 Å². The Bertz CT molecular complexity index is 3380. The van der Waals surface area contributed by atoms with Gasteiger partial charge in [0.1, 0.15) is 68.5 Å². The summed E-state index contributed by atoms with van der Waals surface area (Å²) in [6.45, 7) is 44.8. The lowest BCUT2D eigenvalue weighted by Gasteiger charge is -2.37. The Hall–Kier alpha value is -8.42. The number of nitrogens with zero attached hydrogens (tertiary/aromatic N) is 6. The van der Waals surface area contributed by atoms with Crippen LogP contribution in [0.25, 0.3) is 9.69 Å². The minimum Gasteiger partial charge on any atom is -0.496 e. The molecule has 3 heterocycles. The molecule has 3 aromatic rings. The van der Waals surface area contributed by atoms with Gasteiger partial charge in [-0.25, -0.2) is 27.5 Å². The van der Waals surface area contributed by atoms with Gasteiger partial charge < -0.3 is 83.8 Å². The van der Waals surface area contributed by atoms with Crippen molar-refractivity contribution in [2.75, 3.05) is 120 Å². The number of ether oxygens (including phenoxy) is 12. The van der Waals surface area contributed by atoms with Gasteiger partial charge in [-0.05, 0) is 172 Å². The molecule has 2 saturated carbocycles. The SMILES string of the molecule is CC(C)(C)OC(=O)NCC1CCC(N)CC1.CCOc1cc(OC)c(C=O)c(OC)c1.CCOc1cc(OC)c(CNC2CCN(CNC(=O)OC(C)(C)C)CC2)c(OC)c1.[C-]#[N+][C@@H]1CCCN1C(=O)CBr.[C-]#[N+][C@@H]1CCCN1C(=O)CN(Cc1c(OC)cc(OCC)cc1OC)C1CCC(CNC(=O)OC(C)(C)C)CC1. The zero-order valence-electron chi connectivity index (χ0n) is 69.9. The normalized spacial score (nSPS) is 19.0. The highest BCUT2D eigenvalue weighted by Gasteiger charge is 2.37. The third-order valence-electron chi connectivity index (χ3n) is 19.0. The van der Waals surface area contributed by atoms with Crippen LogP contribution in [0, 0.1) is 25.0 Å². The molecule has 5 fully saturated rings. The van der Waals surface area contributed by atoms with Gasteiger partial charge in [-0.3, -0.25) is 43.7 Å². The fraction of sp³-hybridized carbons (Fsp3) is 0.683. The topological polar surface area (TPSA) is 309 Å². The first-order valence-electron chi connectivity index (χ1n) is 39.1. The van der Waals surface area contributed by atoms with E-state index < -0.39 is 22.9 Å². The predicted octanol–water partition coefficient (Wildman–Crippen LogP) is 13.2. The molecule has 0 aromatic heterocycles. The Morgan fingerprint density at radius 1 is 0.527 bits per heavy atom. The standard InChI is InChI=1S/C30H46N4O6.C22H37N3O5.C12H24N2O2.C11H14O4.C7H9BrN2O/c1-8-39-23-16-25(37-6)24(26(17-23)38-7)19-33(20-28(35)34-15-9-10-27(34)31-5)22-13-11-21(12-14-22)18-32-29(36)40-30(2,3)4;1-7-29-17-12-19(27-5)18(20(13-17)28-6)14-23-16-8-10-25(11-9-16)15-24-21(26)30-22(2,3)4;1-12(2,3)16-11(15)14-8-9-4-6-10(13)7-5-9;1-4-15-8-5-10(13-2)9(7-12)11(6-8)14-3;1-9-6-3-2-4-10(6)7(11)5-8/h16-17,21-22,27H,8-15,18-20H2,1-4,6-7H3,(H,32,36);12-13,16,23H,7-11,14-15H2,1-6H3,(H,24,26);9-10H,4-8,13H2,1-3H3,(H,14,15);5-7H,4H2,1-3H3;6H,2-5H2/t21?,22?,27-;;;;6-/m0...0/s1.